The van der Waals surface area contributed by atoms with Gasteiger partial charge in [-0.3, -0.25) is 14.4 Å². The molecule has 0 radical (unpaired) electrons. The summed E-state index contributed by atoms with van der Waals surface area (Å²) in [7, 11) is 0. The molecule has 2 aliphatic rings. The molecule has 426 valence electrons. The number of carbonyl (C=O) groups excluding carboxylic acids is 3. The van der Waals surface area contributed by atoms with Crippen LogP contribution in [0.4, 0.5) is 5.69 Å². The standard InChI is InChI=1S/C70H93NO8/c1-14-31-76-62-47-35-49-41-56(69(8,9)10)43-51(63(49)77-32-15-2)37-53-45-58(71-66(73)59-28-25-26-29-60(59)67(71)74)46-54(65(53)79-34-27-23-21-19-18-20-22-24-30-61(72)75-17-4)38-52-44-57(70(11,12)13)42-50(64(52)78-33-16-3)36-48(62)40-55(39-47)68(5,6)7/h25-26,28-29,39-46H,14-24,27,30-38H2,1-13H3. The van der Waals surface area contributed by atoms with Crippen LogP contribution in [0.3, 0.4) is 0 Å². The Kier molecular flexibility index (Phi) is 20.6. The van der Waals surface area contributed by atoms with Crippen molar-refractivity contribution < 1.29 is 38.1 Å². The molecule has 7 rings (SSSR count). The highest BCUT2D eigenvalue weighted by Crippen LogP contribution is 2.45. The fourth-order valence-electron chi connectivity index (χ4n) is 10.9. The number of esters is 1. The van der Waals surface area contributed by atoms with Gasteiger partial charge in [0.15, 0.2) is 0 Å². The maximum absolute atomic E-state index is 14.6. The van der Waals surface area contributed by atoms with Crippen LogP contribution < -0.4 is 23.8 Å². The minimum absolute atomic E-state index is 0.106. The Balaban J connectivity index is 1.46. The molecular weight excluding hydrogens is 983 g/mol. The summed E-state index contributed by atoms with van der Waals surface area (Å²) in [6, 6.07) is 25.3. The summed E-state index contributed by atoms with van der Waals surface area (Å²) in [5, 5.41) is 0. The van der Waals surface area contributed by atoms with E-state index in [1.54, 1.807) is 12.1 Å². The van der Waals surface area contributed by atoms with E-state index in [0.717, 1.165) is 138 Å². The minimum Gasteiger partial charge on any atom is -0.493 e. The van der Waals surface area contributed by atoms with Crippen molar-refractivity contribution in [3.05, 3.63) is 145 Å². The molecule has 79 heavy (non-hydrogen) atoms. The van der Waals surface area contributed by atoms with E-state index in [1.165, 1.54) is 21.6 Å². The van der Waals surface area contributed by atoms with Gasteiger partial charge in [0.05, 0.1) is 49.8 Å². The van der Waals surface area contributed by atoms with Gasteiger partial charge < -0.3 is 23.7 Å². The number of amides is 2. The third-order valence-electron chi connectivity index (χ3n) is 15.3. The molecule has 1 aliphatic carbocycles. The van der Waals surface area contributed by atoms with Gasteiger partial charge in [-0.05, 0) is 130 Å². The Hall–Kier alpha value is -6.09. The largest absolute Gasteiger partial charge is 0.493 e. The van der Waals surface area contributed by atoms with Gasteiger partial charge in [-0.1, -0.05) is 170 Å². The predicted molar refractivity (Wildman–Crippen MR) is 322 cm³/mol. The Labute approximate surface area is 474 Å². The maximum atomic E-state index is 14.6. The number of carbonyl (C=O) groups is 3. The van der Waals surface area contributed by atoms with Crippen LogP contribution in [-0.4, -0.2) is 50.8 Å². The molecule has 5 aromatic rings. The highest BCUT2D eigenvalue weighted by molar-refractivity contribution is 6.34. The fraction of sp³-hybridized carbons (Fsp3) is 0.529. The number of anilines is 1. The number of unbranched alkanes of at least 4 members (excludes halogenated alkanes) is 7. The van der Waals surface area contributed by atoms with E-state index in [-0.39, 0.29) is 34.0 Å². The van der Waals surface area contributed by atoms with Crippen molar-refractivity contribution in [2.24, 2.45) is 0 Å². The first-order valence-electron chi connectivity index (χ1n) is 30.0. The second-order valence-electron chi connectivity index (χ2n) is 25.2. The zero-order valence-electron chi connectivity index (χ0n) is 50.5. The molecule has 0 N–H and O–H groups in total. The van der Waals surface area contributed by atoms with E-state index >= 15 is 0 Å². The molecule has 9 nitrogen and oxygen atoms in total. The molecular formula is C70H93NO8. The smallest absolute Gasteiger partial charge is 0.305 e. The zero-order chi connectivity index (χ0) is 57.1. The van der Waals surface area contributed by atoms with E-state index in [9.17, 15) is 14.4 Å². The molecule has 0 unspecified atom stereocenters. The van der Waals surface area contributed by atoms with Crippen LogP contribution >= 0.6 is 0 Å². The van der Waals surface area contributed by atoms with Gasteiger partial charge in [0, 0.05) is 43.2 Å². The summed E-state index contributed by atoms with van der Waals surface area (Å²) in [6.07, 6.45) is 13.2. The lowest BCUT2D eigenvalue weighted by molar-refractivity contribution is -0.143. The number of ether oxygens (including phenoxy) is 5. The quantitative estimate of drug-likeness (QED) is 0.0355. The van der Waals surface area contributed by atoms with Crippen molar-refractivity contribution in [2.75, 3.05) is 37.9 Å². The number of hydrogen-bond acceptors (Lipinski definition) is 8. The summed E-state index contributed by atoms with van der Waals surface area (Å²) in [5.74, 6) is 2.60. The molecule has 5 aromatic carbocycles. The molecule has 0 saturated carbocycles. The van der Waals surface area contributed by atoms with Crippen LogP contribution in [0.1, 0.15) is 249 Å². The average Bonchev–Trinajstić information content (AvgIpc) is 3.88. The highest BCUT2D eigenvalue weighted by Gasteiger charge is 2.38. The molecule has 0 spiro atoms. The maximum Gasteiger partial charge on any atom is 0.305 e. The van der Waals surface area contributed by atoms with Gasteiger partial charge in [0.2, 0.25) is 0 Å². The van der Waals surface area contributed by atoms with E-state index in [4.69, 9.17) is 23.7 Å². The van der Waals surface area contributed by atoms with Crippen molar-refractivity contribution in [3.63, 3.8) is 0 Å². The first kappa shape index (κ1) is 60.5. The van der Waals surface area contributed by atoms with Crippen LogP contribution in [0.25, 0.3) is 0 Å². The third-order valence-corrected chi connectivity index (χ3v) is 15.3. The van der Waals surface area contributed by atoms with E-state index in [2.05, 4.69) is 119 Å². The molecule has 1 heterocycles. The molecule has 0 saturated heterocycles. The van der Waals surface area contributed by atoms with Crippen molar-refractivity contribution >= 4 is 23.5 Å². The summed E-state index contributed by atoms with van der Waals surface area (Å²) >= 11 is 0. The lowest BCUT2D eigenvalue weighted by Crippen LogP contribution is -2.29. The Morgan fingerprint density at radius 2 is 0.734 bits per heavy atom. The van der Waals surface area contributed by atoms with E-state index in [1.807, 2.05) is 31.2 Å². The summed E-state index contributed by atoms with van der Waals surface area (Å²) < 4.78 is 33.4. The van der Waals surface area contributed by atoms with Crippen LogP contribution in [0.5, 0.6) is 23.0 Å². The average molecular weight is 1080 g/mol. The molecule has 0 fully saturated rings. The summed E-state index contributed by atoms with van der Waals surface area (Å²) in [6.45, 7) is 31.4. The van der Waals surface area contributed by atoms with Crippen molar-refractivity contribution in [1.29, 1.82) is 0 Å². The molecule has 0 aromatic heterocycles. The SMILES string of the molecule is CCCOc1c2cc(C(C)(C)C)cc1Cc1cc(C(C)(C)C)cc(c1OCCC)Cc1cc(N3C(=O)c4ccccc4C3=O)cc(c1OCCCCCCCCCCC(=O)OCC)Cc1cc(C(C)(C)C)cc(c1OCCC)C2. The minimum atomic E-state index is -0.336. The molecule has 9 heteroatoms. The van der Waals surface area contributed by atoms with Gasteiger partial charge in [-0.25, -0.2) is 4.90 Å². The van der Waals surface area contributed by atoms with Gasteiger partial charge >= 0.3 is 5.97 Å². The number of benzene rings is 5. The Morgan fingerprint density at radius 3 is 1.05 bits per heavy atom. The number of hydrogen-bond donors (Lipinski definition) is 0. The first-order valence-corrected chi connectivity index (χ1v) is 30.0. The van der Waals surface area contributed by atoms with E-state index in [0.29, 0.717) is 82.0 Å². The van der Waals surface area contributed by atoms with Gasteiger partial charge in [-0.2, -0.15) is 0 Å². The fourth-order valence-corrected chi connectivity index (χ4v) is 10.9. The number of imide groups is 1. The predicted octanol–water partition coefficient (Wildman–Crippen LogP) is 16.9. The second kappa shape index (κ2) is 26.9. The van der Waals surface area contributed by atoms with Crippen molar-refractivity contribution in [3.8, 4) is 23.0 Å². The van der Waals surface area contributed by atoms with Gasteiger partial charge in [-0.15, -0.1) is 0 Å². The monoisotopic (exact) mass is 1080 g/mol. The highest BCUT2D eigenvalue weighted by atomic mass is 16.5. The van der Waals surface area contributed by atoms with Crippen LogP contribution in [0.2, 0.25) is 0 Å². The van der Waals surface area contributed by atoms with Gasteiger partial charge in [0.1, 0.15) is 23.0 Å². The summed E-state index contributed by atoms with van der Waals surface area (Å²) in [5.41, 5.74) is 12.6. The first-order chi connectivity index (χ1) is 37.7. The summed E-state index contributed by atoms with van der Waals surface area (Å²) in [4.78, 5) is 42.4. The van der Waals surface area contributed by atoms with Crippen LogP contribution in [0.15, 0.2) is 72.8 Å². The molecule has 0 atom stereocenters. The number of rotatable bonds is 23. The molecule has 1 aliphatic heterocycles. The zero-order valence-corrected chi connectivity index (χ0v) is 50.5. The van der Waals surface area contributed by atoms with Crippen LogP contribution in [-0.2, 0) is 51.5 Å². The Bertz CT molecular complexity index is 2770. The number of fused-ring (bicyclic) bond motifs is 9. The Morgan fingerprint density at radius 1 is 0.430 bits per heavy atom. The second-order valence-corrected chi connectivity index (χ2v) is 25.2. The molecule has 2 amide bonds. The topological polar surface area (TPSA) is 101 Å². The van der Waals surface area contributed by atoms with Crippen molar-refractivity contribution in [1.82, 2.24) is 0 Å². The normalized spacial score (nSPS) is 13.6. The lowest BCUT2D eigenvalue weighted by Gasteiger charge is -2.29. The lowest BCUT2D eigenvalue weighted by atomic mass is 9.80. The number of nitrogens with zero attached hydrogens (tertiary/aromatic N) is 1. The van der Waals surface area contributed by atoms with Gasteiger partial charge in [0.25, 0.3) is 11.8 Å². The van der Waals surface area contributed by atoms with E-state index < -0.39 is 0 Å². The van der Waals surface area contributed by atoms with Crippen LogP contribution in [0, 0.1) is 0 Å². The van der Waals surface area contributed by atoms with Crippen molar-refractivity contribution in [2.45, 2.75) is 209 Å². The third kappa shape index (κ3) is 15.2. The molecule has 8 bridgehead atoms.